The van der Waals surface area contributed by atoms with E-state index in [0.717, 1.165) is 25.2 Å². The average molecular weight is 549 g/mol. The van der Waals surface area contributed by atoms with E-state index in [1.54, 1.807) is 19.1 Å². The van der Waals surface area contributed by atoms with Crippen LogP contribution in [-0.4, -0.2) is 80.9 Å². The predicted octanol–water partition coefficient (Wildman–Crippen LogP) is 2.28. The molecule has 0 aromatic heterocycles. The number of ether oxygens (including phenoxy) is 3. The third-order valence-corrected chi connectivity index (χ3v) is 4.64. The fourth-order valence-electron chi connectivity index (χ4n) is 3.03. The lowest BCUT2D eigenvalue weighted by molar-refractivity contribution is 0.0147. The Kier molecular flexibility index (Phi) is 11.2. The molecule has 1 saturated heterocycles. The zero-order valence-corrected chi connectivity index (χ0v) is 21.5. The van der Waals surface area contributed by atoms with Crippen molar-refractivity contribution >= 4 is 36.0 Å². The number of guanidine groups is 1. The molecule has 0 saturated carbocycles. The average Bonchev–Trinajstić information content (AvgIpc) is 2.71. The van der Waals surface area contributed by atoms with Crippen LogP contribution in [0.5, 0.6) is 11.5 Å². The molecule has 1 aliphatic heterocycles. The molecular formula is C21H36IN5O4. The lowest BCUT2D eigenvalue weighted by Gasteiger charge is -2.35. The third-order valence-electron chi connectivity index (χ3n) is 4.64. The Morgan fingerprint density at radius 1 is 1.13 bits per heavy atom. The Morgan fingerprint density at radius 2 is 1.77 bits per heavy atom. The van der Waals surface area contributed by atoms with Crippen LogP contribution >= 0.6 is 24.0 Å². The van der Waals surface area contributed by atoms with Crippen LogP contribution in [0.15, 0.2) is 23.2 Å². The van der Waals surface area contributed by atoms with Crippen LogP contribution in [0.2, 0.25) is 0 Å². The fourth-order valence-corrected chi connectivity index (χ4v) is 3.03. The first-order chi connectivity index (χ1) is 14.2. The van der Waals surface area contributed by atoms with Gasteiger partial charge in [0.2, 0.25) is 0 Å². The molecule has 0 bridgehead atoms. The molecular weight excluding hydrogens is 513 g/mol. The zero-order chi connectivity index (χ0) is 22.1. The maximum absolute atomic E-state index is 12.1. The molecule has 0 atom stereocenters. The molecule has 0 aliphatic carbocycles. The molecule has 9 nitrogen and oxygen atoms in total. The molecule has 176 valence electrons. The van der Waals surface area contributed by atoms with Crippen molar-refractivity contribution in [3.63, 3.8) is 0 Å². The summed E-state index contributed by atoms with van der Waals surface area (Å²) in [6.07, 6.45) is -0.244. The summed E-state index contributed by atoms with van der Waals surface area (Å²) in [6.45, 7) is 10.6. The number of amides is 1. The van der Waals surface area contributed by atoms with Gasteiger partial charge in [0.25, 0.3) is 0 Å². The van der Waals surface area contributed by atoms with Gasteiger partial charge in [-0.25, -0.2) is 9.79 Å². The van der Waals surface area contributed by atoms with Gasteiger partial charge >= 0.3 is 6.09 Å². The first-order valence-corrected chi connectivity index (χ1v) is 10.2. The van der Waals surface area contributed by atoms with E-state index < -0.39 is 5.60 Å². The Morgan fingerprint density at radius 3 is 2.35 bits per heavy atom. The minimum absolute atomic E-state index is 0. The quantitative estimate of drug-likeness (QED) is 0.306. The summed E-state index contributed by atoms with van der Waals surface area (Å²) in [7, 11) is 3.21. The Labute approximate surface area is 202 Å². The second-order valence-electron chi connectivity index (χ2n) is 8.13. The van der Waals surface area contributed by atoms with Crippen LogP contribution in [0.1, 0.15) is 26.3 Å². The van der Waals surface area contributed by atoms with Gasteiger partial charge in [0, 0.05) is 39.3 Å². The highest BCUT2D eigenvalue weighted by Crippen LogP contribution is 2.27. The number of carbonyl (C=O) groups excluding carboxylic acids is 1. The number of rotatable bonds is 7. The van der Waals surface area contributed by atoms with Gasteiger partial charge in [0.1, 0.15) is 5.60 Å². The molecule has 3 N–H and O–H groups in total. The van der Waals surface area contributed by atoms with Gasteiger partial charge in [0.15, 0.2) is 17.5 Å². The van der Waals surface area contributed by atoms with E-state index in [-0.39, 0.29) is 30.1 Å². The first kappa shape index (κ1) is 27.1. The van der Waals surface area contributed by atoms with Gasteiger partial charge < -0.3 is 30.2 Å². The van der Waals surface area contributed by atoms with Gasteiger partial charge in [-0.1, -0.05) is 6.07 Å². The predicted molar refractivity (Wildman–Crippen MR) is 133 cm³/mol. The number of nitrogens with zero attached hydrogens (tertiary/aromatic N) is 3. The topological polar surface area (TPSA) is 102 Å². The lowest BCUT2D eigenvalue weighted by Crippen LogP contribution is -2.51. The van der Waals surface area contributed by atoms with Crippen molar-refractivity contribution in [2.24, 2.45) is 10.7 Å². The number of benzene rings is 1. The van der Waals surface area contributed by atoms with Crippen LogP contribution in [0, 0.1) is 0 Å². The highest BCUT2D eigenvalue weighted by atomic mass is 127. The van der Waals surface area contributed by atoms with Crippen molar-refractivity contribution in [3.8, 4) is 11.5 Å². The summed E-state index contributed by atoms with van der Waals surface area (Å²) in [5, 5.41) is 3.14. The molecule has 1 heterocycles. The minimum atomic E-state index is -0.466. The molecule has 1 aliphatic rings. The van der Waals surface area contributed by atoms with Crippen LogP contribution in [0.3, 0.4) is 0 Å². The molecule has 1 amide bonds. The van der Waals surface area contributed by atoms with Gasteiger partial charge in [-0.3, -0.25) is 4.90 Å². The largest absolute Gasteiger partial charge is 0.493 e. The molecule has 2 rings (SSSR count). The summed E-state index contributed by atoms with van der Waals surface area (Å²) in [4.78, 5) is 20.5. The highest BCUT2D eigenvalue weighted by molar-refractivity contribution is 14.0. The molecule has 1 aromatic carbocycles. The summed E-state index contributed by atoms with van der Waals surface area (Å²) in [5.74, 6) is 1.75. The number of carbonyl (C=O) groups is 1. The lowest BCUT2D eigenvalue weighted by atomic mass is 10.2. The maximum Gasteiger partial charge on any atom is 0.410 e. The smallest absolute Gasteiger partial charge is 0.410 e. The number of aliphatic imine (C=N–C) groups is 1. The monoisotopic (exact) mass is 549 g/mol. The fraction of sp³-hybridized carbons (Fsp3) is 0.619. The van der Waals surface area contributed by atoms with E-state index in [0.29, 0.717) is 43.6 Å². The first-order valence-electron chi connectivity index (χ1n) is 10.2. The Hall–Kier alpha value is -1.95. The van der Waals surface area contributed by atoms with E-state index in [1.807, 2.05) is 39.0 Å². The molecule has 0 radical (unpaired) electrons. The van der Waals surface area contributed by atoms with Crippen molar-refractivity contribution in [2.45, 2.75) is 32.9 Å². The normalized spacial score (nSPS) is 15.1. The molecule has 0 unspecified atom stereocenters. The van der Waals surface area contributed by atoms with Crippen molar-refractivity contribution in [2.75, 3.05) is 53.5 Å². The van der Waals surface area contributed by atoms with Gasteiger partial charge in [-0.15, -0.1) is 24.0 Å². The van der Waals surface area contributed by atoms with Crippen LogP contribution < -0.4 is 20.5 Å². The number of piperazine rings is 1. The molecule has 0 spiro atoms. The van der Waals surface area contributed by atoms with Crippen molar-refractivity contribution in [1.82, 2.24) is 15.1 Å². The Balaban J connectivity index is 0.00000480. The van der Waals surface area contributed by atoms with Crippen LogP contribution in [-0.2, 0) is 11.3 Å². The number of nitrogens with two attached hydrogens (primary N) is 1. The van der Waals surface area contributed by atoms with Gasteiger partial charge in [-0.05, 0) is 38.5 Å². The second kappa shape index (κ2) is 12.8. The molecule has 31 heavy (non-hydrogen) atoms. The number of nitrogens with one attached hydrogen (secondary N) is 1. The molecule has 1 aromatic rings. The van der Waals surface area contributed by atoms with Gasteiger partial charge in [0.05, 0.1) is 20.8 Å². The third kappa shape index (κ3) is 9.38. The number of hydrogen-bond acceptors (Lipinski definition) is 6. The van der Waals surface area contributed by atoms with Crippen LogP contribution in [0.4, 0.5) is 4.79 Å². The minimum Gasteiger partial charge on any atom is -0.493 e. The van der Waals surface area contributed by atoms with E-state index >= 15 is 0 Å². The van der Waals surface area contributed by atoms with Crippen LogP contribution in [0.25, 0.3) is 0 Å². The second-order valence-corrected chi connectivity index (χ2v) is 8.13. The van der Waals surface area contributed by atoms with E-state index in [1.165, 1.54) is 0 Å². The highest BCUT2D eigenvalue weighted by Gasteiger charge is 2.25. The summed E-state index contributed by atoms with van der Waals surface area (Å²) in [6, 6.07) is 5.67. The number of halogens is 1. The van der Waals surface area contributed by atoms with E-state index in [4.69, 9.17) is 19.9 Å². The van der Waals surface area contributed by atoms with E-state index in [9.17, 15) is 4.79 Å². The standard InChI is InChI=1S/C21H35N5O4.HI/c1-21(2,3)30-20(27)26-12-10-25(11-13-26)9-8-23-19(22)24-15-16-6-7-17(28-4)18(14-16)29-5;/h6-7,14H,8-13,15H2,1-5H3,(H3,22,23,24);1H. The summed E-state index contributed by atoms with van der Waals surface area (Å²) < 4.78 is 16.0. The molecule has 10 heteroatoms. The van der Waals surface area contributed by atoms with Crippen molar-refractivity contribution in [1.29, 1.82) is 0 Å². The maximum atomic E-state index is 12.1. The number of methoxy groups -OCH3 is 2. The SMILES string of the molecule is COc1ccc(CN=C(N)NCCN2CCN(C(=O)OC(C)(C)C)CC2)cc1OC.I. The van der Waals surface area contributed by atoms with E-state index in [2.05, 4.69) is 15.2 Å². The number of hydrogen-bond donors (Lipinski definition) is 2. The summed E-state index contributed by atoms with van der Waals surface area (Å²) >= 11 is 0. The van der Waals surface area contributed by atoms with Crippen molar-refractivity contribution in [3.05, 3.63) is 23.8 Å². The Bertz CT molecular complexity index is 731. The van der Waals surface area contributed by atoms with Gasteiger partial charge in [-0.2, -0.15) is 0 Å². The van der Waals surface area contributed by atoms with Crippen molar-refractivity contribution < 1.29 is 19.0 Å². The molecule has 1 fully saturated rings. The summed E-state index contributed by atoms with van der Waals surface area (Å²) in [5.41, 5.74) is 6.50. The zero-order valence-electron chi connectivity index (χ0n) is 19.1.